The summed E-state index contributed by atoms with van der Waals surface area (Å²) in [5, 5.41) is 5.91. The summed E-state index contributed by atoms with van der Waals surface area (Å²) in [6, 6.07) is 8.18. The number of hydrogen-bond acceptors (Lipinski definition) is 3. The van der Waals surface area contributed by atoms with Crippen LogP contribution < -0.4 is 15.4 Å². The lowest BCUT2D eigenvalue weighted by Gasteiger charge is -2.36. The molecule has 0 unspecified atom stereocenters. The number of carbonyl (C=O) groups is 1. The molecule has 0 aromatic heterocycles. The first-order chi connectivity index (χ1) is 12.2. The normalized spacial score (nSPS) is 19.7. The second kappa shape index (κ2) is 9.09. The Hall–Kier alpha value is -1.75. The summed E-state index contributed by atoms with van der Waals surface area (Å²) in [5.41, 5.74) is 0.789. The fourth-order valence-corrected chi connectivity index (χ4v) is 4.01. The second-order valence-electron chi connectivity index (χ2n) is 7.21. The molecule has 1 saturated carbocycles. The second-order valence-corrected chi connectivity index (χ2v) is 7.21. The van der Waals surface area contributed by atoms with E-state index in [0.29, 0.717) is 12.5 Å². The Labute approximate surface area is 151 Å². The van der Waals surface area contributed by atoms with Gasteiger partial charge in [0.25, 0.3) is 0 Å². The minimum atomic E-state index is -0.123. The predicted octanol–water partition coefficient (Wildman–Crippen LogP) is 3.86. The molecule has 2 aliphatic rings. The van der Waals surface area contributed by atoms with E-state index in [1.165, 1.54) is 51.6 Å². The molecule has 1 aliphatic carbocycles. The number of urea groups is 1. The highest BCUT2D eigenvalue weighted by molar-refractivity contribution is 5.89. The molecule has 1 heterocycles. The van der Waals surface area contributed by atoms with Crippen LogP contribution in [-0.4, -0.2) is 43.2 Å². The molecule has 5 heteroatoms. The number of rotatable bonds is 6. The van der Waals surface area contributed by atoms with E-state index in [2.05, 4.69) is 15.5 Å². The van der Waals surface area contributed by atoms with Gasteiger partial charge in [-0.25, -0.2) is 4.79 Å². The van der Waals surface area contributed by atoms with E-state index in [1.54, 1.807) is 0 Å². The molecular formula is C20H31N3O2. The third-order valence-corrected chi connectivity index (χ3v) is 5.46. The fourth-order valence-electron chi connectivity index (χ4n) is 4.01. The molecule has 1 aliphatic heterocycles. The third-order valence-electron chi connectivity index (χ3n) is 5.46. The number of benzene rings is 1. The van der Waals surface area contributed by atoms with Crippen molar-refractivity contribution in [3.63, 3.8) is 0 Å². The molecule has 0 radical (unpaired) electrons. The molecule has 2 amide bonds. The molecule has 1 aromatic rings. The Bertz CT molecular complexity index is 532. The Balaban J connectivity index is 1.35. The van der Waals surface area contributed by atoms with Crippen molar-refractivity contribution in [2.75, 3.05) is 31.6 Å². The number of likely N-dealkylation sites (tertiary alicyclic amines) is 1. The summed E-state index contributed by atoms with van der Waals surface area (Å²) < 4.78 is 5.41. The molecule has 1 saturated heterocycles. The summed E-state index contributed by atoms with van der Waals surface area (Å²) in [5.74, 6) is 1.42. The van der Waals surface area contributed by atoms with Gasteiger partial charge in [0.1, 0.15) is 5.75 Å². The number of hydrogen-bond donors (Lipinski definition) is 2. The van der Waals surface area contributed by atoms with Gasteiger partial charge in [-0.1, -0.05) is 12.8 Å². The van der Waals surface area contributed by atoms with Gasteiger partial charge < -0.3 is 20.3 Å². The van der Waals surface area contributed by atoms with Crippen LogP contribution in [0.1, 0.15) is 45.4 Å². The van der Waals surface area contributed by atoms with Crippen LogP contribution in [0.2, 0.25) is 0 Å². The standard InChI is InChI=1S/C20H31N3O2/c1-2-25-19-9-7-17(8-10-19)22-20(24)21-15-16-11-13-23(14-12-16)18-5-3-4-6-18/h7-10,16,18H,2-6,11-15H2,1H3,(H2,21,22,24). The summed E-state index contributed by atoms with van der Waals surface area (Å²) in [7, 11) is 0. The monoisotopic (exact) mass is 345 g/mol. The predicted molar refractivity (Wildman–Crippen MR) is 101 cm³/mol. The van der Waals surface area contributed by atoms with Gasteiger partial charge in [0, 0.05) is 18.3 Å². The Morgan fingerprint density at radius 2 is 1.80 bits per heavy atom. The van der Waals surface area contributed by atoms with Gasteiger partial charge in [0.15, 0.2) is 0 Å². The van der Waals surface area contributed by atoms with Crippen LogP contribution in [0.3, 0.4) is 0 Å². The zero-order chi connectivity index (χ0) is 17.5. The first-order valence-corrected chi connectivity index (χ1v) is 9.76. The van der Waals surface area contributed by atoms with Crippen molar-refractivity contribution in [2.45, 2.75) is 51.5 Å². The lowest BCUT2D eigenvalue weighted by atomic mass is 9.95. The van der Waals surface area contributed by atoms with Gasteiger partial charge in [-0.3, -0.25) is 0 Å². The number of ether oxygens (including phenoxy) is 1. The third kappa shape index (κ3) is 5.36. The van der Waals surface area contributed by atoms with Gasteiger partial charge in [0.05, 0.1) is 6.61 Å². The van der Waals surface area contributed by atoms with Crippen LogP contribution in [-0.2, 0) is 0 Å². The van der Waals surface area contributed by atoms with E-state index in [9.17, 15) is 4.79 Å². The van der Waals surface area contributed by atoms with Crippen molar-refractivity contribution in [2.24, 2.45) is 5.92 Å². The summed E-state index contributed by atoms with van der Waals surface area (Å²) in [6.45, 7) is 5.75. The highest BCUT2D eigenvalue weighted by Gasteiger charge is 2.27. The molecule has 2 N–H and O–H groups in total. The maximum Gasteiger partial charge on any atom is 0.319 e. The number of nitrogens with one attached hydrogen (secondary N) is 2. The zero-order valence-corrected chi connectivity index (χ0v) is 15.3. The van der Waals surface area contributed by atoms with Crippen LogP contribution in [0.15, 0.2) is 24.3 Å². The SMILES string of the molecule is CCOc1ccc(NC(=O)NCC2CCN(C3CCCC3)CC2)cc1. The molecular weight excluding hydrogens is 314 g/mol. The van der Waals surface area contributed by atoms with Crippen molar-refractivity contribution in [1.82, 2.24) is 10.2 Å². The minimum absolute atomic E-state index is 0.123. The Kier molecular flexibility index (Phi) is 6.56. The maximum absolute atomic E-state index is 12.1. The van der Waals surface area contributed by atoms with Crippen LogP contribution in [0.5, 0.6) is 5.75 Å². The van der Waals surface area contributed by atoms with Gasteiger partial charge in [0.2, 0.25) is 0 Å². The average Bonchev–Trinajstić information content (AvgIpc) is 3.17. The quantitative estimate of drug-likeness (QED) is 0.823. The van der Waals surface area contributed by atoms with Crippen molar-refractivity contribution < 1.29 is 9.53 Å². The van der Waals surface area contributed by atoms with Gasteiger partial charge in [-0.15, -0.1) is 0 Å². The van der Waals surface area contributed by atoms with E-state index in [1.807, 2.05) is 31.2 Å². The number of piperidine rings is 1. The van der Waals surface area contributed by atoms with Crippen molar-refractivity contribution in [1.29, 1.82) is 0 Å². The van der Waals surface area contributed by atoms with Crippen molar-refractivity contribution >= 4 is 11.7 Å². The number of nitrogens with zero attached hydrogens (tertiary/aromatic N) is 1. The van der Waals surface area contributed by atoms with Gasteiger partial charge in [-0.2, -0.15) is 0 Å². The lowest BCUT2D eigenvalue weighted by Crippen LogP contribution is -2.43. The van der Waals surface area contributed by atoms with Gasteiger partial charge in [-0.05, 0) is 75.9 Å². The largest absolute Gasteiger partial charge is 0.494 e. The van der Waals surface area contributed by atoms with E-state index in [-0.39, 0.29) is 6.03 Å². The van der Waals surface area contributed by atoms with Crippen LogP contribution in [0.4, 0.5) is 10.5 Å². The molecule has 5 nitrogen and oxygen atoms in total. The molecule has 0 spiro atoms. The smallest absolute Gasteiger partial charge is 0.319 e. The zero-order valence-electron chi connectivity index (χ0n) is 15.3. The Morgan fingerprint density at radius 1 is 1.12 bits per heavy atom. The molecule has 0 bridgehead atoms. The molecule has 2 fully saturated rings. The first-order valence-electron chi connectivity index (χ1n) is 9.76. The number of carbonyl (C=O) groups excluding carboxylic acids is 1. The van der Waals surface area contributed by atoms with Crippen LogP contribution in [0, 0.1) is 5.92 Å². The molecule has 1 aromatic carbocycles. The van der Waals surface area contributed by atoms with Crippen LogP contribution >= 0.6 is 0 Å². The average molecular weight is 345 g/mol. The minimum Gasteiger partial charge on any atom is -0.494 e. The van der Waals surface area contributed by atoms with Gasteiger partial charge >= 0.3 is 6.03 Å². The molecule has 3 rings (SSSR count). The number of anilines is 1. The summed E-state index contributed by atoms with van der Waals surface area (Å²) >= 11 is 0. The van der Waals surface area contributed by atoms with E-state index < -0.39 is 0 Å². The maximum atomic E-state index is 12.1. The van der Waals surface area contributed by atoms with Crippen molar-refractivity contribution in [3.8, 4) is 5.75 Å². The summed E-state index contributed by atoms with van der Waals surface area (Å²) in [4.78, 5) is 14.7. The van der Waals surface area contributed by atoms with Crippen molar-refractivity contribution in [3.05, 3.63) is 24.3 Å². The number of amides is 2. The highest BCUT2D eigenvalue weighted by Crippen LogP contribution is 2.27. The van der Waals surface area contributed by atoms with E-state index in [4.69, 9.17) is 4.74 Å². The molecule has 138 valence electrons. The molecule has 25 heavy (non-hydrogen) atoms. The van der Waals surface area contributed by atoms with E-state index in [0.717, 1.165) is 24.0 Å². The summed E-state index contributed by atoms with van der Waals surface area (Å²) in [6.07, 6.45) is 7.95. The van der Waals surface area contributed by atoms with E-state index >= 15 is 0 Å². The Morgan fingerprint density at radius 3 is 2.44 bits per heavy atom. The first kappa shape index (κ1) is 18.1. The van der Waals surface area contributed by atoms with Crippen LogP contribution in [0.25, 0.3) is 0 Å². The fraction of sp³-hybridized carbons (Fsp3) is 0.650. The lowest BCUT2D eigenvalue weighted by molar-refractivity contribution is 0.134. The topological polar surface area (TPSA) is 53.6 Å². The highest BCUT2D eigenvalue weighted by atomic mass is 16.5. The molecule has 0 atom stereocenters.